The maximum Gasteiger partial charge on any atom is 0.338 e. The summed E-state index contributed by atoms with van der Waals surface area (Å²) in [7, 11) is 1.42. The number of nitro benzene ring substituents is 1. The summed E-state index contributed by atoms with van der Waals surface area (Å²) in [6.07, 6.45) is 0. The van der Waals surface area contributed by atoms with Gasteiger partial charge in [-0.05, 0) is 37.3 Å². The fraction of sp³-hybridized carbons (Fsp3) is 0.190. The number of esters is 1. The predicted octanol–water partition coefficient (Wildman–Crippen LogP) is 3.53. The molecule has 1 N–H and O–H groups in total. The Morgan fingerprint density at radius 2 is 1.82 bits per heavy atom. The zero-order chi connectivity index (χ0) is 24.7. The molecule has 0 spiro atoms. The first kappa shape index (κ1) is 24.8. The number of carbonyl (C=O) groups excluding carboxylic acids is 3. The van der Waals surface area contributed by atoms with Crippen LogP contribution in [-0.4, -0.2) is 52.2 Å². The molecule has 0 fully saturated rings. The lowest BCUT2D eigenvalue weighted by Crippen LogP contribution is -2.17. The summed E-state index contributed by atoms with van der Waals surface area (Å²) in [6.45, 7) is 1.26. The van der Waals surface area contributed by atoms with Crippen LogP contribution in [-0.2, 0) is 9.53 Å². The van der Waals surface area contributed by atoms with Crippen molar-refractivity contribution in [1.29, 1.82) is 0 Å². The first-order valence-corrected chi connectivity index (χ1v) is 11.4. The van der Waals surface area contributed by atoms with Crippen molar-refractivity contribution in [2.24, 2.45) is 0 Å². The monoisotopic (exact) mass is 502 g/mol. The standard InChI is InChI=1S/C21H18N4O7S2/c1-12-23-24-21(34-12)33-11-19(27)22-16-9-14(5-8-18(16)31-2)20(28)32-10-17(26)13-3-6-15(7-4-13)25(29)30/h3-9H,10-11H2,1-2H3,(H,22,27). The summed E-state index contributed by atoms with van der Waals surface area (Å²) in [5, 5.41) is 22.0. The van der Waals surface area contributed by atoms with E-state index in [-0.39, 0.29) is 34.2 Å². The Kier molecular flexibility index (Phi) is 8.27. The summed E-state index contributed by atoms with van der Waals surface area (Å²) in [6, 6.07) is 9.27. The molecule has 0 aliphatic rings. The number of benzene rings is 2. The Balaban J connectivity index is 1.60. The number of rotatable bonds is 10. The quantitative estimate of drug-likeness (QED) is 0.143. The van der Waals surface area contributed by atoms with Gasteiger partial charge < -0.3 is 14.8 Å². The van der Waals surface area contributed by atoms with E-state index in [1.807, 2.05) is 6.92 Å². The van der Waals surface area contributed by atoms with E-state index in [1.165, 1.54) is 72.7 Å². The van der Waals surface area contributed by atoms with Crippen molar-refractivity contribution < 1.29 is 28.8 Å². The molecule has 0 bridgehead atoms. The topological polar surface area (TPSA) is 151 Å². The lowest BCUT2D eigenvalue weighted by Gasteiger charge is -2.12. The summed E-state index contributed by atoms with van der Waals surface area (Å²) in [4.78, 5) is 47.1. The van der Waals surface area contributed by atoms with Gasteiger partial charge in [0.25, 0.3) is 5.69 Å². The first-order valence-electron chi connectivity index (χ1n) is 9.62. The van der Waals surface area contributed by atoms with Crippen molar-refractivity contribution in [3.63, 3.8) is 0 Å². The average molecular weight is 503 g/mol. The van der Waals surface area contributed by atoms with Gasteiger partial charge >= 0.3 is 5.97 Å². The third-order valence-electron chi connectivity index (χ3n) is 4.28. The van der Waals surface area contributed by atoms with Crippen LogP contribution in [0.1, 0.15) is 25.7 Å². The third kappa shape index (κ3) is 6.59. The van der Waals surface area contributed by atoms with E-state index in [0.29, 0.717) is 10.1 Å². The summed E-state index contributed by atoms with van der Waals surface area (Å²) >= 11 is 2.61. The highest BCUT2D eigenvalue weighted by Gasteiger charge is 2.17. The number of anilines is 1. The van der Waals surface area contributed by atoms with Crippen molar-refractivity contribution in [2.45, 2.75) is 11.3 Å². The second-order valence-electron chi connectivity index (χ2n) is 6.64. The van der Waals surface area contributed by atoms with Gasteiger partial charge in [-0.3, -0.25) is 19.7 Å². The van der Waals surface area contributed by atoms with Gasteiger partial charge in [0, 0.05) is 17.7 Å². The highest BCUT2D eigenvalue weighted by molar-refractivity contribution is 8.01. The minimum atomic E-state index is -0.785. The Hall–Kier alpha value is -3.84. The van der Waals surface area contributed by atoms with E-state index in [1.54, 1.807) is 0 Å². The molecule has 34 heavy (non-hydrogen) atoms. The van der Waals surface area contributed by atoms with E-state index >= 15 is 0 Å². The highest BCUT2D eigenvalue weighted by Crippen LogP contribution is 2.27. The Bertz CT molecular complexity index is 1230. The van der Waals surface area contributed by atoms with Gasteiger partial charge in [0.2, 0.25) is 5.91 Å². The number of nitrogens with one attached hydrogen (secondary N) is 1. The van der Waals surface area contributed by atoms with Crippen LogP contribution in [0.2, 0.25) is 0 Å². The molecule has 0 saturated heterocycles. The van der Waals surface area contributed by atoms with Gasteiger partial charge in [0.1, 0.15) is 10.8 Å². The number of nitrogens with zero attached hydrogens (tertiary/aromatic N) is 3. The number of nitro groups is 1. The molecule has 0 radical (unpaired) electrons. The summed E-state index contributed by atoms with van der Waals surface area (Å²) in [5.41, 5.74) is 0.375. The number of non-ortho nitro benzene ring substituents is 1. The molecule has 176 valence electrons. The van der Waals surface area contributed by atoms with Gasteiger partial charge in [-0.2, -0.15) is 0 Å². The van der Waals surface area contributed by atoms with Crippen LogP contribution >= 0.6 is 23.1 Å². The molecule has 3 rings (SSSR count). The number of thioether (sulfide) groups is 1. The Morgan fingerprint density at radius 1 is 1.12 bits per heavy atom. The highest BCUT2D eigenvalue weighted by atomic mass is 32.2. The van der Waals surface area contributed by atoms with Crippen LogP contribution in [0.25, 0.3) is 0 Å². The molecule has 1 amide bonds. The van der Waals surface area contributed by atoms with E-state index in [2.05, 4.69) is 15.5 Å². The SMILES string of the molecule is COc1ccc(C(=O)OCC(=O)c2ccc([N+](=O)[O-])cc2)cc1NC(=O)CSc1nnc(C)s1. The number of amides is 1. The normalized spacial score (nSPS) is 10.4. The second-order valence-corrected chi connectivity index (χ2v) is 9.05. The van der Waals surface area contributed by atoms with Crippen molar-refractivity contribution >= 4 is 52.1 Å². The van der Waals surface area contributed by atoms with Crippen molar-refractivity contribution in [2.75, 3.05) is 24.8 Å². The fourth-order valence-electron chi connectivity index (χ4n) is 2.65. The van der Waals surface area contributed by atoms with Crippen LogP contribution in [0.3, 0.4) is 0 Å². The van der Waals surface area contributed by atoms with Crippen LogP contribution < -0.4 is 10.1 Å². The number of methoxy groups -OCH3 is 1. The maximum atomic E-state index is 12.4. The number of aromatic nitrogens is 2. The van der Waals surface area contributed by atoms with Gasteiger partial charge in [-0.25, -0.2) is 4.79 Å². The molecule has 0 unspecified atom stereocenters. The lowest BCUT2D eigenvalue weighted by molar-refractivity contribution is -0.384. The Labute approximate surface area is 201 Å². The molecule has 3 aromatic rings. The van der Waals surface area contributed by atoms with Crippen molar-refractivity contribution in [1.82, 2.24) is 10.2 Å². The molecular weight excluding hydrogens is 484 g/mol. The molecule has 1 heterocycles. The summed E-state index contributed by atoms with van der Waals surface area (Å²) in [5.74, 6) is -1.23. The smallest absolute Gasteiger partial charge is 0.338 e. The largest absolute Gasteiger partial charge is 0.495 e. The van der Waals surface area contributed by atoms with Gasteiger partial charge in [0.05, 0.1) is 29.0 Å². The number of ether oxygens (including phenoxy) is 2. The third-order valence-corrected chi connectivity index (χ3v) is 6.25. The van der Waals surface area contributed by atoms with E-state index in [4.69, 9.17) is 9.47 Å². The first-order chi connectivity index (χ1) is 16.3. The van der Waals surface area contributed by atoms with Crippen LogP contribution in [0.15, 0.2) is 46.8 Å². The number of carbonyl (C=O) groups is 3. The number of Topliss-reactive ketones (excluding diaryl/α,β-unsaturated/α-hetero) is 1. The van der Waals surface area contributed by atoms with Gasteiger partial charge in [-0.15, -0.1) is 10.2 Å². The lowest BCUT2D eigenvalue weighted by atomic mass is 10.1. The number of aryl methyl sites for hydroxylation is 1. The van der Waals surface area contributed by atoms with E-state index in [9.17, 15) is 24.5 Å². The van der Waals surface area contributed by atoms with Crippen LogP contribution in [0.4, 0.5) is 11.4 Å². The van der Waals surface area contributed by atoms with Crippen LogP contribution in [0, 0.1) is 17.0 Å². The molecule has 0 atom stereocenters. The minimum Gasteiger partial charge on any atom is -0.495 e. The summed E-state index contributed by atoms with van der Waals surface area (Å²) < 4.78 is 11.0. The number of hydrogen-bond donors (Lipinski definition) is 1. The predicted molar refractivity (Wildman–Crippen MR) is 125 cm³/mol. The minimum absolute atomic E-state index is 0.0796. The van der Waals surface area contributed by atoms with Crippen molar-refractivity contribution in [3.8, 4) is 5.75 Å². The second kappa shape index (κ2) is 11.3. The Morgan fingerprint density at radius 3 is 2.44 bits per heavy atom. The van der Waals surface area contributed by atoms with E-state index < -0.39 is 23.3 Å². The molecule has 1 aromatic heterocycles. The molecule has 0 saturated carbocycles. The molecular formula is C21H18N4O7S2. The molecule has 2 aromatic carbocycles. The molecule has 0 aliphatic carbocycles. The van der Waals surface area contributed by atoms with Crippen molar-refractivity contribution in [3.05, 3.63) is 68.7 Å². The zero-order valence-electron chi connectivity index (χ0n) is 18.0. The maximum absolute atomic E-state index is 12.4. The number of hydrogen-bond acceptors (Lipinski definition) is 11. The molecule has 13 heteroatoms. The molecule has 11 nitrogen and oxygen atoms in total. The van der Waals surface area contributed by atoms with Gasteiger partial charge in [0.15, 0.2) is 16.7 Å². The van der Waals surface area contributed by atoms with Crippen LogP contribution in [0.5, 0.6) is 5.75 Å². The average Bonchev–Trinajstić information content (AvgIpc) is 3.26. The fourth-order valence-corrected chi connectivity index (χ4v) is 4.27. The zero-order valence-corrected chi connectivity index (χ0v) is 19.6. The molecule has 0 aliphatic heterocycles. The van der Waals surface area contributed by atoms with Gasteiger partial charge in [-0.1, -0.05) is 23.1 Å². The van der Waals surface area contributed by atoms with E-state index in [0.717, 1.165) is 5.01 Å². The number of ketones is 1.